The van der Waals surface area contributed by atoms with E-state index in [0.29, 0.717) is 29.4 Å². The van der Waals surface area contributed by atoms with E-state index in [1.165, 1.54) is 6.07 Å². The predicted octanol–water partition coefficient (Wildman–Crippen LogP) is 4.72. The summed E-state index contributed by atoms with van der Waals surface area (Å²) in [5.41, 5.74) is 2.86. The number of halogens is 1. The molecule has 0 bridgehead atoms. The first-order valence-electron chi connectivity index (χ1n) is 9.34. The minimum atomic E-state index is -0.265. The molecule has 0 unspecified atom stereocenters. The van der Waals surface area contributed by atoms with Gasteiger partial charge in [0.2, 0.25) is 0 Å². The second kappa shape index (κ2) is 8.00. The van der Waals surface area contributed by atoms with Gasteiger partial charge < -0.3 is 4.74 Å². The zero-order valence-corrected chi connectivity index (χ0v) is 16.6. The van der Waals surface area contributed by atoms with Gasteiger partial charge in [-0.2, -0.15) is 4.37 Å². The highest BCUT2D eigenvalue weighted by molar-refractivity contribution is 6.99. The third-order valence-corrected chi connectivity index (χ3v) is 5.25. The molecule has 3 aromatic carbocycles. The number of hydrogen-bond acceptors (Lipinski definition) is 6. The Labute approximate surface area is 175 Å². The second-order valence-electron chi connectivity index (χ2n) is 6.73. The molecule has 0 radical (unpaired) electrons. The largest absolute Gasteiger partial charge is 0.469 e. The van der Waals surface area contributed by atoms with Gasteiger partial charge >= 0.3 is 0 Å². The molecule has 5 aromatic rings. The van der Waals surface area contributed by atoms with Crippen molar-refractivity contribution < 1.29 is 9.13 Å². The lowest BCUT2D eigenvalue weighted by Crippen LogP contribution is -2.02. The van der Waals surface area contributed by atoms with Crippen LogP contribution in [0, 0.1) is 5.82 Å². The summed E-state index contributed by atoms with van der Waals surface area (Å²) >= 11 is 1.11. The van der Waals surface area contributed by atoms with Gasteiger partial charge in [0.05, 0.1) is 24.5 Å². The highest BCUT2D eigenvalue weighted by atomic mass is 32.1. The maximum atomic E-state index is 13.8. The molecule has 0 fully saturated rings. The number of aromatic nitrogens is 5. The average Bonchev–Trinajstić information content (AvgIpc) is 3.43. The minimum absolute atomic E-state index is 0.195. The van der Waals surface area contributed by atoms with Gasteiger partial charge in [-0.1, -0.05) is 65.9 Å². The molecule has 8 heteroatoms. The van der Waals surface area contributed by atoms with Crippen LogP contribution in [0.5, 0.6) is 5.88 Å². The van der Waals surface area contributed by atoms with Gasteiger partial charge in [0.25, 0.3) is 5.88 Å². The summed E-state index contributed by atoms with van der Waals surface area (Å²) in [5, 5.41) is 10.4. The molecule has 0 atom stereocenters. The molecule has 0 spiro atoms. The topological polar surface area (TPSA) is 65.7 Å². The monoisotopic (exact) mass is 417 g/mol. The molecule has 0 saturated heterocycles. The summed E-state index contributed by atoms with van der Waals surface area (Å²) in [6, 6.07) is 20.8. The van der Waals surface area contributed by atoms with Gasteiger partial charge in [0.15, 0.2) is 0 Å². The van der Waals surface area contributed by atoms with Crippen LogP contribution in [0.15, 0.2) is 72.9 Å². The van der Waals surface area contributed by atoms with Crippen LogP contribution in [0.3, 0.4) is 0 Å². The van der Waals surface area contributed by atoms with Crippen LogP contribution < -0.4 is 4.74 Å². The van der Waals surface area contributed by atoms with Gasteiger partial charge in [-0.3, -0.25) is 0 Å². The fourth-order valence-corrected chi connectivity index (χ4v) is 3.81. The maximum Gasteiger partial charge on any atom is 0.254 e. The van der Waals surface area contributed by atoms with E-state index in [2.05, 4.69) is 37.3 Å². The summed E-state index contributed by atoms with van der Waals surface area (Å²) in [6.07, 6.45) is 1.74. The fourth-order valence-electron chi connectivity index (χ4n) is 3.30. The van der Waals surface area contributed by atoms with Crippen molar-refractivity contribution in [3.05, 3.63) is 90.0 Å². The highest BCUT2D eigenvalue weighted by Crippen LogP contribution is 2.33. The Bertz CT molecular complexity index is 1310. The van der Waals surface area contributed by atoms with Crippen molar-refractivity contribution in [2.24, 2.45) is 0 Å². The van der Waals surface area contributed by atoms with Gasteiger partial charge in [-0.05, 0) is 16.8 Å². The molecule has 0 N–H and O–H groups in total. The zero-order chi connectivity index (χ0) is 20.3. The van der Waals surface area contributed by atoms with Gasteiger partial charge in [0.1, 0.15) is 23.8 Å². The molecule has 2 aromatic heterocycles. The number of hydrogen-bond donors (Lipinski definition) is 0. The number of fused-ring (bicyclic) bond motifs is 1. The summed E-state index contributed by atoms with van der Waals surface area (Å²) in [7, 11) is 0. The molecule has 0 saturated carbocycles. The summed E-state index contributed by atoms with van der Waals surface area (Å²) in [4.78, 5) is 0. The normalized spacial score (nSPS) is 11.1. The van der Waals surface area contributed by atoms with E-state index in [9.17, 15) is 4.39 Å². The van der Waals surface area contributed by atoms with E-state index >= 15 is 0 Å². The summed E-state index contributed by atoms with van der Waals surface area (Å²) in [6.45, 7) is 0.500. The Kier molecular flexibility index (Phi) is 4.90. The number of rotatable bonds is 6. The van der Waals surface area contributed by atoms with Crippen LogP contribution in [0.25, 0.3) is 22.0 Å². The maximum absolute atomic E-state index is 13.8. The van der Waals surface area contributed by atoms with Crippen LogP contribution in [0.4, 0.5) is 4.39 Å². The first-order chi connectivity index (χ1) is 14.8. The van der Waals surface area contributed by atoms with E-state index in [1.807, 2.05) is 24.3 Å². The Balaban J connectivity index is 1.33. The summed E-state index contributed by atoms with van der Waals surface area (Å²) in [5.74, 6) is 0.194. The van der Waals surface area contributed by atoms with Crippen molar-refractivity contribution in [1.29, 1.82) is 0 Å². The Morgan fingerprint density at radius 2 is 1.77 bits per heavy atom. The molecule has 0 aliphatic rings. The van der Waals surface area contributed by atoms with Gasteiger partial charge in [0, 0.05) is 11.1 Å². The molecule has 148 valence electrons. The lowest BCUT2D eigenvalue weighted by atomic mass is 10.0. The molecule has 2 heterocycles. The standard InChI is InChI=1S/C22H16FN5OS/c23-20-11-4-2-7-16(20)12-28-13-17(24-27-28)14-29-22-21(25-30-26-22)19-10-5-8-15-6-1-3-9-18(15)19/h1-11,13H,12,14H2. The van der Waals surface area contributed by atoms with Crippen LogP contribution in [0.1, 0.15) is 11.3 Å². The molecular weight excluding hydrogens is 401 g/mol. The lowest BCUT2D eigenvalue weighted by molar-refractivity contribution is 0.293. The molecular formula is C22H16FN5OS. The molecule has 0 aliphatic heterocycles. The quantitative estimate of drug-likeness (QED) is 0.400. The minimum Gasteiger partial charge on any atom is -0.469 e. The smallest absolute Gasteiger partial charge is 0.254 e. The van der Waals surface area contributed by atoms with Crippen molar-refractivity contribution >= 4 is 22.5 Å². The van der Waals surface area contributed by atoms with Crippen molar-refractivity contribution in [3.8, 4) is 17.1 Å². The number of ether oxygens (including phenoxy) is 1. The SMILES string of the molecule is Fc1ccccc1Cn1cc(COc2nsnc2-c2cccc3ccccc23)nn1. The first kappa shape index (κ1) is 18.4. The average molecular weight is 417 g/mol. The van der Waals surface area contributed by atoms with Crippen molar-refractivity contribution in [2.75, 3.05) is 0 Å². The van der Waals surface area contributed by atoms with Gasteiger partial charge in [-0.15, -0.1) is 9.47 Å². The zero-order valence-electron chi connectivity index (χ0n) is 15.8. The Hall–Kier alpha value is -3.65. The van der Waals surface area contributed by atoms with Crippen LogP contribution in [0.2, 0.25) is 0 Å². The van der Waals surface area contributed by atoms with Crippen molar-refractivity contribution in [1.82, 2.24) is 23.7 Å². The van der Waals surface area contributed by atoms with Crippen LogP contribution in [-0.4, -0.2) is 23.7 Å². The van der Waals surface area contributed by atoms with Crippen molar-refractivity contribution in [3.63, 3.8) is 0 Å². The second-order valence-corrected chi connectivity index (χ2v) is 7.26. The lowest BCUT2D eigenvalue weighted by Gasteiger charge is -2.06. The van der Waals surface area contributed by atoms with E-state index in [0.717, 1.165) is 28.1 Å². The molecule has 30 heavy (non-hydrogen) atoms. The predicted molar refractivity (Wildman–Crippen MR) is 113 cm³/mol. The van der Waals surface area contributed by atoms with E-state index < -0.39 is 0 Å². The third-order valence-electron chi connectivity index (χ3n) is 4.74. The molecule has 0 amide bonds. The van der Waals surface area contributed by atoms with Crippen molar-refractivity contribution in [2.45, 2.75) is 13.2 Å². The molecule has 6 nitrogen and oxygen atoms in total. The van der Waals surface area contributed by atoms with E-state index in [1.54, 1.807) is 29.1 Å². The fraction of sp³-hybridized carbons (Fsp3) is 0.0909. The first-order valence-corrected chi connectivity index (χ1v) is 10.1. The summed E-state index contributed by atoms with van der Waals surface area (Å²) < 4.78 is 30.1. The third kappa shape index (κ3) is 3.65. The number of nitrogens with zero attached hydrogens (tertiary/aromatic N) is 5. The van der Waals surface area contributed by atoms with Crippen LogP contribution >= 0.6 is 11.7 Å². The highest BCUT2D eigenvalue weighted by Gasteiger charge is 2.15. The van der Waals surface area contributed by atoms with Gasteiger partial charge in [-0.25, -0.2) is 9.07 Å². The van der Waals surface area contributed by atoms with Crippen LogP contribution in [-0.2, 0) is 13.2 Å². The Morgan fingerprint density at radius 3 is 2.70 bits per heavy atom. The molecule has 0 aliphatic carbocycles. The number of benzene rings is 3. The van der Waals surface area contributed by atoms with E-state index in [-0.39, 0.29) is 12.4 Å². The molecule has 5 rings (SSSR count). The van der Waals surface area contributed by atoms with E-state index in [4.69, 9.17) is 4.74 Å². The Morgan fingerprint density at radius 1 is 0.933 bits per heavy atom.